The van der Waals surface area contributed by atoms with Crippen LogP contribution >= 0.6 is 0 Å². The Labute approximate surface area is 587 Å². The first-order valence-corrected chi connectivity index (χ1v) is 34.5. The minimum Gasteiger partial charge on any atom is -0.436 e. The van der Waals surface area contributed by atoms with Crippen LogP contribution in [-0.4, -0.2) is 19.1 Å². The summed E-state index contributed by atoms with van der Waals surface area (Å²) >= 11 is 0. The third-order valence-corrected chi connectivity index (χ3v) is 20.1. The second-order valence-corrected chi connectivity index (χ2v) is 26.1. The molecule has 0 unspecified atom stereocenters. The summed E-state index contributed by atoms with van der Waals surface area (Å²) in [7, 11) is 0. The molecule has 0 aliphatic rings. The van der Waals surface area contributed by atoms with Gasteiger partial charge < -0.3 is 27.8 Å². The predicted octanol–water partition coefficient (Wildman–Crippen LogP) is 25.7. The van der Waals surface area contributed by atoms with E-state index in [1.807, 2.05) is 36.4 Å². The lowest BCUT2D eigenvalue weighted by Crippen LogP contribution is -2.11. The molecule has 478 valence electrons. The van der Waals surface area contributed by atoms with Gasteiger partial charge in [-0.05, 0) is 184 Å². The Kier molecular flexibility index (Phi) is 13.7. The Balaban J connectivity index is 0.714. The predicted molar refractivity (Wildman–Crippen MR) is 422 cm³/mol. The average Bonchev–Trinajstić information content (AvgIpc) is 1.52. The summed E-state index contributed by atoms with van der Waals surface area (Å²) < 4.78 is 18.5. The molecular weight excluding hydrogens is 1250 g/mol. The van der Waals surface area contributed by atoms with Crippen molar-refractivity contribution in [3.8, 4) is 67.7 Å². The van der Waals surface area contributed by atoms with Gasteiger partial charge in [-0.3, -0.25) is 0 Å². The maximum atomic E-state index is 7.19. The van der Waals surface area contributed by atoms with E-state index in [1.165, 1.54) is 10.8 Å². The normalized spacial score (nSPS) is 11.7. The molecule has 0 saturated heterocycles. The van der Waals surface area contributed by atoms with E-state index in [2.05, 4.69) is 347 Å². The summed E-state index contributed by atoms with van der Waals surface area (Å²) in [5.74, 6) is 1.13. The summed E-state index contributed by atoms with van der Waals surface area (Å²) in [6.07, 6.45) is 0. The molecule has 8 nitrogen and oxygen atoms in total. The molecular formula is C94H60N6O2. The molecule has 0 atom stereocenters. The van der Waals surface area contributed by atoms with Crippen LogP contribution in [0.2, 0.25) is 0 Å². The Morgan fingerprint density at radius 1 is 0.255 bits per heavy atom. The Hall–Kier alpha value is -13.8. The van der Waals surface area contributed by atoms with Crippen LogP contribution in [0.25, 0.3) is 155 Å². The zero-order chi connectivity index (χ0) is 67.2. The van der Waals surface area contributed by atoms with Crippen molar-refractivity contribution in [3.05, 3.63) is 364 Å². The molecule has 102 heavy (non-hydrogen) atoms. The summed E-state index contributed by atoms with van der Waals surface area (Å²) in [4.78, 5) is 15.3. The van der Waals surface area contributed by atoms with E-state index in [9.17, 15) is 0 Å². The number of aromatic nitrogens is 4. The number of rotatable bonds is 13. The maximum absolute atomic E-state index is 7.19. The quantitative estimate of drug-likeness (QED) is 0.115. The fourth-order valence-corrected chi connectivity index (χ4v) is 15.4. The van der Waals surface area contributed by atoms with E-state index in [0.29, 0.717) is 11.8 Å². The van der Waals surface area contributed by atoms with E-state index in [0.717, 1.165) is 167 Å². The summed E-state index contributed by atoms with van der Waals surface area (Å²) in [5, 5.41) is 8.72. The summed E-state index contributed by atoms with van der Waals surface area (Å²) in [6, 6.07) is 130. The molecule has 0 bridgehead atoms. The van der Waals surface area contributed by atoms with Gasteiger partial charge in [0.15, 0.2) is 11.2 Å². The third-order valence-electron chi connectivity index (χ3n) is 20.1. The van der Waals surface area contributed by atoms with Crippen molar-refractivity contribution in [2.45, 2.75) is 0 Å². The van der Waals surface area contributed by atoms with Crippen molar-refractivity contribution in [2.24, 2.45) is 0 Å². The number of benzene rings is 16. The van der Waals surface area contributed by atoms with Crippen LogP contribution in [0.5, 0.6) is 0 Å². The molecule has 4 aromatic heterocycles. The van der Waals surface area contributed by atoms with Crippen LogP contribution in [0, 0.1) is 0 Å². The van der Waals surface area contributed by atoms with Crippen LogP contribution < -0.4 is 9.80 Å². The van der Waals surface area contributed by atoms with Crippen LogP contribution in [0.4, 0.5) is 34.1 Å². The van der Waals surface area contributed by atoms with Gasteiger partial charge in [0.2, 0.25) is 11.8 Å². The fraction of sp³-hybridized carbons (Fsp3) is 0. The van der Waals surface area contributed by atoms with Gasteiger partial charge in [0, 0.05) is 72.2 Å². The molecule has 0 radical (unpaired) electrons. The molecule has 0 aliphatic heterocycles. The average molecular weight is 1310 g/mol. The van der Waals surface area contributed by atoms with Gasteiger partial charge >= 0.3 is 0 Å². The van der Waals surface area contributed by atoms with Crippen LogP contribution in [0.3, 0.4) is 0 Å². The first-order valence-electron chi connectivity index (χ1n) is 34.5. The van der Waals surface area contributed by atoms with E-state index in [-0.39, 0.29) is 0 Å². The highest BCUT2D eigenvalue weighted by Gasteiger charge is 2.26. The molecule has 0 spiro atoms. The van der Waals surface area contributed by atoms with Crippen molar-refractivity contribution < 1.29 is 8.83 Å². The smallest absolute Gasteiger partial charge is 0.227 e. The molecule has 0 aliphatic carbocycles. The van der Waals surface area contributed by atoms with Crippen molar-refractivity contribution in [1.82, 2.24) is 19.1 Å². The molecule has 20 rings (SSSR count). The SMILES string of the molecule is c1ccc(-c2ccc(N(c3ccc4c5cc(-c6cccc(-c7nc8ccc9cccc(N(c%10ccc(-c%11ccccc%11)cc%10)c%10ccc%11c%12ccccc%12n(-c%12ccccc%12)c%11c%10)c9c8o7)c6)ccc5n(-c5ccccc5)c4c3)c3cccc4ccc5oc(-c6ccccc6)nc5c34)cc2)cc1. The van der Waals surface area contributed by atoms with E-state index in [4.69, 9.17) is 18.8 Å². The first kappa shape index (κ1) is 58.3. The molecule has 20 aromatic rings. The highest BCUT2D eigenvalue weighted by Crippen LogP contribution is 2.48. The topological polar surface area (TPSA) is 68.4 Å². The van der Waals surface area contributed by atoms with Crippen LogP contribution in [0.1, 0.15) is 0 Å². The number of hydrogen-bond acceptors (Lipinski definition) is 6. The number of para-hydroxylation sites is 3. The van der Waals surface area contributed by atoms with Gasteiger partial charge in [0.05, 0.1) is 38.8 Å². The summed E-state index contributed by atoms with van der Waals surface area (Å²) in [6.45, 7) is 0. The number of hydrogen-bond donors (Lipinski definition) is 0. The van der Waals surface area contributed by atoms with Crippen molar-refractivity contribution in [2.75, 3.05) is 9.80 Å². The maximum Gasteiger partial charge on any atom is 0.227 e. The van der Waals surface area contributed by atoms with Crippen molar-refractivity contribution in [1.29, 1.82) is 0 Å². The highest BCUT2D eigenvalue weighted by atomic mass is 16.4. The molecule has 0 fully saturated rings. The molecule has 0 amide bonds. The Morgan fingerprint density at radius 2 is 0.696 bits per heavy atom. The zero-order valence-electron chi connectivity index (χ0n) is 55.1. The lowest BCUT2D eigenvalue weighted by atomic mass is 10.0. The van der Waals surface area contributed by atoms with Gasteiger partial charge in [0.25, 0.3) is 0 Å². The molecule has 0 N–H and O–H groups in total. The number of oxazole rings is 2. The van der Waals surface area contributed by atoms with Crippen LogP contribution in [-0.2, 0) is 0 Å². The summed E-state index contributed by atoms with van der Waals surface area (Å²) in [5.41, 5.74) is 24.1. The minimum atomic E-state index is 0.544. The molecule has 0 saturated carbocycles. The number of nitrogens with zero attached hydrogens (tertiary/aromatic N) is 6. The van der Waals surface area contributed by atoms with Gasteiger partial charge in [-0.1, -0.05) is 224 Å². The standard InChI is InChI=1S/C94H60N6O2/c1-6-21-61(22-7-1)63-39-46-73(47-40-63)97(84-37-19-27-65-45-56-88-91(89(65)84)96-93(101-88)67-25-10-3-11-26-67)75-51-53-79-80-58-69(44-55-83(80)100(87(79)60-75)72-33-14-5-15-34-72)68-29-18-30-70(57-68)94-95-81-54-43-66-28-20-38-85(90(66)92(81)102-94)98(74-48-41-64(42-49-74)62-23-8-2-9-24-62)76-50-52-78-77-35-16-17-36-82(77)99(86(78)59-76)71-31-12-4-13-32-71/h1-60H. The van der Waals surface area contributed by atoms with Gasteiger partial charge in [-0.25, -0.2) is 9.97 Å². The lowest BCUT2D eigenvalue weighted by Gasteiger charge is -2.27. The van der Waals surface area contributed by atoms with Gasteiger partial charge in [-0.15, -0.1) is 0 Å². The first-order chi connectivity index (χ1) is 50.6. The number of fused-ring (bicyclic) bond motifs is 12. The van der Waals surface area contributed by atoms with Gasteiger partial charge in [-0.2, -0.15) is 0 Å². The van der Waals surface area contributed by atoms with Crippen LogP contribution in [0.15, 0.2) is 373 Å². The van der Waals surface area contributed by atoms with E-state index >= 15 is 0 Å². The highest BCUT2D eigenvalue weighted by molar-refractivity contribution is 6.17. The third kappa shape index (κ3) is 9.83. The fourth-order valence-electron chi connectivity index (χ4n) is 15.4. The van der Waals surface area contributed by atoms with E-state index < -0.39 is 0 Å². The zero-order valence-corrected chi connectivity index (χ0v) is 55.1. The second kappa shape index (κ2) is 24.0. The molecule has 4 heterocycles. The molecule has 16 aromatic carbocycles. The monoisotopic (exact) mass is 1300 g/mol. The Bertz CT molecular complexity index is 6600. The number of anilines is 6. The van der Waals surface area contributed by atoms with Crippen molar-refractivity contribution >= 4 is 121 Å². The second-order valence-electron chi connectivity index (χ2n) is 26.1. The van der Waals surface area contributed by atoms with E-state index in [1.54, 1.807) is 0 Å². The molecule has 8 heteroatoms. The van der Waals surface area contributed by atoms with Crippen molar-refractivity contribution in [3.63, 3.8) is 0 Å². The Morgan fingerprint density at radius 3 is 1.31 bits per heavy atom. The largest absolute Gasteiger partial charge is 0.436 e. The lowest BCUT2D eigenvalue weighted by molar-refractivity contribution is 0.620. The van der Waals surface area contributed by atoms with Gasteiger partial charge in [0.1, 0.15) is 11.0 Å². The minimum absolute atomic E-state index is 0.544.